The normalized spacial score (nSPS) is 14.6. The van der Waals surface area contributed by atoms with Gasteiger partial charge in [0.15, 0.2) is 5.82 Å². The minimum absolute atomic E-state index is 0.487. The Morgan fingerprint density at radius 3 is 2.91 bits per heavy atom. The van der Waals surface area contributed by atoms with Gasteiger partial charge in [-0.05, 0) is 30.6 Å². The van der Waals surface area contributed by atoms with E-state index in [1.165, 1.54) is 5.56 Å². The van der Waals surface area contributed by atoms with Gasteiger partial charge >= 0.3 is 0 Å². The van der Waals surface area contributed by atoms with Gasteiger partial charge < -0.3 is 0 Å². The van der Waals surface area contributed by atoms with Crippen molar-refractivity contribution in [3.8, 4) is 0 Å². The van der Waals surface area contributed by atoms with Crippen LogP contribution in [0.4, 0.5) is 0 Å². The minimum atomic E-state index is 0.487. The van der Waals surface area contributed by atoms with Crippen molar-refractivity contribution in [2.75, 3.05) is 0 Å². The number of H-pyrrole nitrogens is 1. The second-order valence-corrected chi connectivity index (χ2v) is 6.06. The molecular formula is C16H16N6S. The summed E-state index contributed by atoms with van der Waals surface area (Å²) in [4.78, 5) is 0. The highest BCUT2D eigenvalue weighted by molar-refractivity contribution is 7.71. The number of aromatic amines is 1. The lowest BCUT2D eigenvalue weighted by molar-refractivity contribution is 0.687. The molecule has 0 spiro atoms. The summed E-state index contributed by atoms with van der Waals surface area (Å²) in [6.07, 6.45) is 7.85. The van der Waals surface area contributed by atoms with Crippen LogP contribution in [0, 0.1) is 4.77 Å². The number of hydrogen-bond acceptors (Lipinski definition) is 4. The molecular weight excluding hydrogens is 308 g/mol. The summed E-state index contributed by atoms with van der Waals surface area (Å²) < 4.78 is 4.13. The first-order valence-corrected chi connectivity index (χ1v) is 7.98. The van der Waals surface area contributed by atoms with E-state index < -0.39 is 0 Å². The molecule has 1 saturated carbocycles. The van der Waals surface area contributed by atoms with Crippen LogP contribution in [0.1, 0.15) is 35.7 Å². The molecule has 0 radical (unpaired) electrons. The number of nitrogens with one attached hydrogen (secondary N) is 1. The van der Waals surface area contributed by atoms with Crippen LogP contribution in [0.2, 0.25) is 0 Å². The maximum Gasteiger partial charge on any atom is 0.216 e. The summed E-state index contributed by atoms with van der Waals surface area (Å²) in [5.41, 5.74) is 2.15. The van der Waals surface area contributed by atoms with Crippen LogP contribution in [-0.4, -0.2) is 30.9 Å². The molecule has 3 aromatic rings. The molecule has 7 heteroatoms. The van der Waals surface area contributed by atoms with Crippen LogP contribution in [0.3, 0.4) is 0 Å². The maximum absolute atomic E-state index is 5.24. The fourth-order valence-electron chi connectivity index (χ4n) is 2.45. The average molecular weight is 324 g/mol. The van der Waals surface area contributed by atoms with Gasteiger partial charge in [-0.15, -0.1) is 0 Å². The fraction of sp³-hybridized carbons (Fsp3) is 0.250. The average Bonchev–Trinajstić information content (AvgIpc) is 3.21. The molecule has 1 aliphatic carbocycles. The lowest BCUT2D eigenvalue weighted by Gasteiger charge is -2.00. The number of rotatable bonds is 5. The molecule has 0 unspecified atom stereocenters. The van der Waals surface area contributed by atoms with Crippen molar-refractivity contribution in [3.63, 3.8) is 0 Å². The van der Waals surface area contributed by atoms with E-state index in [0.29, 0.717) is 10.7 Å². The molecule has 0 aliphatic heterocycles. The maximum atomic E-state index is 5.24. The van der Waals surface area contributed by atoms with E-state index in [1.807, 2.05) is 29.1 Å². The van der Waals surface area contributed by atoms with Gasteiger partial charge in [0.2, 0.25) is 4.77 Å². The Morgan fingerprint density at radius 1 is 1.30 bits per heavy atom. The summed E-state index contributed by atoms with van der Waals surface area (Å²) in [6.45, 7) is 0.743. The lowest BCUT2D eigenvalue weighted by atomic mass is 10.2. The molecule has 0 saturated heterocycles. The topological polar surface area (TPSA) is 63.8 Å². The van der Waals surface area contributed by atoms with Crippen LogP contribution in [0.25, 0.3) is 0 Å². The highest BCUT2D eigenvalue weighted by Gasteiger charge is 2.29. The largest absolute Gasteiger partial charge is 0.268 e. The van der Waals surface area contributed by atoms with Crippen LogP contribution in [0.15, 0.2) is 47.8 Å². The van der Waals surface area contributed by atoms with Gasteiger partial charge in [-0.25, -0.2) is 0 Å². The third kappa shape index (κ3) is 3.14. The third-order valence-corrected chi connectivity index (χ3v) is 4.05. The molecule has 1 N–H and O–H groups in total. The summed E-state index contributed by atoms with van der Waals surface area (Å²) in [5.74, 6) is 1.41. The molecule has 2 aromatic heterocycles. The molecule has 0 bridgehead atoms. The first-order chi connectivity index (χ1) is 11.3. The quantitative estimate of drug-likeness (QED) is 0.580. The summed E-state index contributed by atoms with van der Waals surface area (Å²) in [5, 5.41) is 15.9. The van der Waals surface area contributed by atoms with Gasteiger partial charge in [0.1, 0.15) is 0 Å². The monoisotopic (exact) mass is 324 g/mol. The molecule has 0 amide bonds. The zero-order valence-corrected chi connectivity index (χ0v) is 13.3. The SMILES string of the molecule is S=c1[nH]nc(C2CC2)n1/N=C\c1cnn(Cc2ccccc2)c1. The van der Waals surface area contributed by atoms with E-state index in [1.54, 1.807) is 17.1 Å². The Hall–Kier alpha value is -2.54. The first kappa shape index (κ1) is 14.1. The Kier molecular flexibility index (Phi) is 3.63. The smallest absolute Gasteiger partial charge is 0.216 e. The Balaban J connectivity index is 1.51. The summed E-state index contributed by atoms with van der Waals surface area (Å²) >= 11 is 5.24. The zero-order chi connectivity index (χ0) is 15.6. The Bertz CT molecular complexity index is 885. The second-order valence-electron chi connectivity index (χ2n) is 5.67. The Morgan fingerprint density at radius 2 is 2.13 bits per heavy atom. The molecule has 116 valence electrons. The molecule has 0 atom stereocenters. The van der Waals surface area contributed by atoms with Crippen molar-refractivity contribution in [2.45, 2.75) is 25.3 Å². The fourth-order valence-corrected chi connectivity index (χ4v) is 2.64. The standard InChI is InChI=1S/C16H16N6S/c23-16-20-19-15(14-6-7-14)22(16)18-9-13-8-17-21(11-13)10-12-4-2-1-3-5-12/h1-5,8-9,11,14H,6-7,10H2,(H,20,23)/b18-9-. The van der Waals surface area contributed by atoms with Crippen LogP contribution < -0.4 is 0 Å². The number of hydrogen-bond donors (Lipinski definition) is 1. The zero-order valence-electron chi connectivity index (χ0n) is 12.5. The highest BCUT2D eigenvalue weighted by Crippen LogP contribution is 2.38. The predicted octanol–water partition coefficient (Wildman–Crippen LogP) is 2.95. The summed E-state index contributed by atoms with van der Waals surface area (Å²) in [7, 11) is 0. The van der Waals surface area contributed by atoms with Gasteiger partial charge in [-0.1, -0.05) is 30.3 Å². The van der Waals surface area contributed by atoms with Crippen LogP contribution in [0.5, 0.6) is 0 Å². The molecule has 4 rings (SSSR count). The molecule has 2 heterocycles. The first-order valence-electron chi connectivity index (χ1n) is 7.57. The molecule has 23 heavy (non-hydrogen) atoms. The number of benzene rings is 1. The second kappa shape index (κ2) is 5.92. The molecule has 1 aliphatic rings. The molecule has 1 aromatic carbocycles. The van der Waals surface area contributed by atoms with Gasteiger partial charge in [-0.2, -0.15) is 20.0 Å². The summed E-state index contributed by atoms with van der Waals surface area (Å²) in [6, 6.07) is 10.2. The van der Waals surface area contributed by atoms with Crippen molar-refractivity contribution in [2.24, 2.45) is 5.10 Å². The van der Waals surface area contributed by atoms with Crippen molar-refractivity contribution in [1.29, 1.82) is 0 Å². The number of nitrogens with zero attached hydrogens (tertiary/aromatic N) is 5. The van der Waals surface area contributed by atoms with Crippen molar-refractivity contribution < 1.29 is 0 Å². The number of aromatic nitrogens is 5. The van der Waals surface area contributed by atoms with Gasteiger partial charge in [0.05, 0.1) is 19.0 Å². The minimum Gasteiger partial charge on any atom is -0.268 e. The van der Waals surface area contributed by atoms with Crippen molar-refractivity contribution in [3.05, 3.63) is 64.4 Å². The lowest BCUT2D eigenvalue weighted by Crippen LogP contribution is -1.99. The van der Waals surface area contributed by atoms with E-state index in [0.717, 1.165) is 30.8 Å². The predicted molar refractivity (Wildman–Crippen MR) is 90.1 cm³/mol. The third-order valence-electron chi connectivity index (χ3n) is 3.78. The van der Waals surface area contributed by atoms with Gasteiger partial charge in [0, 0.05) is 17.7 Å². The van der Waals surface area contributed by atoms with Crippen molar-refractivity contribution in [1.82, 2.24) is 24.7 Å². The molecule has 6 nitrogen and oxygen atoms in total. The van der Waals surface area contributed by atoms with E-state index in [2.05, 4.69) is 32.5 Å². The highest BCUT2D eigenvalue weighted by atomic mass is 32.1. The van der Waals surface area contributed by atoms with E-state index >= 15 is 0 Å². The molecule has 1 fully saturated rings. The van der Waals surface area contributed by atoms with Crippen LogP contribution >= 0.6 is 12.2 Å². The van der Waals surface area contributed by atoms with Gasteiger partial charge in [0.25, 0.3) is 0 Å². The van der Waals surface area contributed by atoms with Crippen molar-refractivity contribution >= 4 is 18.4 Å². The van der Waals surface area contributed by atoms with E-state index in [4.69, 9.17) is 12.2 Å². The van der Waals surface area contributed by atoms with E-state index in [-0.39, 0.29) is 0 Å². The van der Waals surface area contributed by atoms with Gasteiger partial charge in [-0.3, -0.25) is 9.78 Å². The van der Waals surface area contributed by atoms with Crippen LogP contribution in [-0.2, 0) is 6.54 Å². The Labute approximate surface area is 138 Å². The van der Waals surface area contributed by atoms with E-state index in [9.17, 15) is 0 Å².